The summed E-state index contributed by atoms with van der Waals surface area (Å²) in [6.45, 7) is 0. The Balaban J connectivity index is 1.09. The third kappa shape index (κ3) is 4.01. The van der Waals surface area contributed by atoms with Crippen molar-refractivity contribution in [2.45, 2.75) is 0 Å². The number of nitrogens with zero attached hydrogens (tertiary/aromatic N) is 4. The molecule has 5 heterocycles. The van der Waals surface area contributed by atoms with Crippen molar-refractivity contribution in [3.63, 3.8) is 0 Å². The molecule has 12 aromatic rings. The van der Waals surface area contributed by atoms with E-state index < -0.39 is 0 Å². The van der Waals surface area contributed by atoms with Crippen LogP contribution in [0.4, 0.5) is 0 Å². The number of fused-ring (bicyclic) bond motifs is 3. The molecule has 0 radical (unpaired) electrons. The summed E-state index contributed by atoms with van der Waals surface area (Å²) in [4.78, 5) is 19.8. The highest BCUT2D eigenvalue weighted by atomic mass is 32.1. The summed E-state index contributed by atoms with van der Waals surface area (Å²) in [6.07, 6.45) is 0. The maximum atomic E-state index is 6.60. The fourth-order valence-electron chi connectivity index (χ4n) is 7.53. The molecule has 0 saturated heterocycles. The Kier molecular flexibility index (Phi) is 5.53. The van der Waals surface area contributed by atoms with Gasteiger partial charge in [0.25, 0.3) is 0 Å². The second-order valence-electron chi connectivity index (χ2n) is 13.0. The number of benzene rings is 7. The van der Waals surface area contributed by atoms with Gasteiger partial charge in [0.05, 0.1) is 0 Å². The van der Waals surface area contributed by atoms with Gasteiger partial charge in [0.1, 0.15) is 27.8 Å². The number of oxazole rings is 1. The average Bonchev–Trinajstić information content (AvgIpc) is 3.88. The molecule has 0 unspecified atom stereocenters. The Morgan fingerprint density at radius 1 is 0.404 bits per heavy atom. The van der Waals surface area contributed by atoms with E-state index in [0.717, 1.165) is 87.3 Å². The van der Waals surface area contributed by atoms with Crippen LogP contribution in [0.3, 0.4) is 0 Å². The summed E-state index contributed by atoms with van der Waals surface area (Å²) in [5, 5.41) is 6.71. The number of furan rings is 2. The van der Waals surface area contributed by atoms with Crippen molar-refractivity contribution in [3.05, 3.63) is 133 Å². The van der Waals surface area contributed by atoms with Crippen LogP contribution in [0.25, 0.3) is 121 Å². The van der Waals surface area contributed by atoms with Gasteiger partial charge in [-0.25, -0.2) is 19.9 Å². The standard InChI is InChI=1S/C44H22N4O3S/c1-2-8-23(9-3-1)41-46-42(24-14-16-25(17-15-24)44-45-29-12-6-7-13-30(29)51-44)48-43(47-41)27-21-33-36-35(22-27)52-40-28-11-5-4-10-26(28)20-34-39(40)38-32(50-34)19-18-31(49-33)37(36)38/h1-22H. The minimum absolute atomic E-state index is 0.561. The minimum Gasteiger partial charge on any atom is -0.456 e. The van der Waals surface area contributed by atoms with Crippen molar-refractivity contribution < 1.29 is 13.3 Å². The molecule has 0 N–H and O–H groups in total. The van der Waals surface area contributed by atoms with Crippen LogP contribution >= 0.6 is 11.3 Å². The van der Waals surface area contributed by atoms with E-state index >= 15 is 0 Å². The van der Waals surface area contributed by atoms with Gasteiger partial charge in [-0.1, -0.05) is 78.9 Å². The topological polar surface area (TPSA) is 91.0 Å². The first-order valence-corrected chi connectivity index (χ1v) is 17.8. The first-order valence-electron chi connectivity index (χ1n) is 17.0. The molecule has 12 rings (SSSR count). The maximum Gasteiger partial charge on any atom is 0.227 e. The molecule has 8 heteroatoms. The lowest BCUT2D eigenvalue weighted by atomic mass is 10.0. The smallest absolute Gasteiger partial charge is 0.227 e. The highest BCUT2D eigenvalue weighted by Gasteiger charge is 2.24. The highest BCUT2D eigenvalue weighted by molar-refractivity contribution is 7.25. The number of rotatable bonds is 4. The number of aromatic nitrogens is 4. The molecule has 5 aromatic heterocycles. The van der Waals surface area contributed by atoms with E-state index in [0.29, 0.717) is 23.4 Å². The van der Waals surface area contributed by atoms with Gasteiger partial charge in [-0.2, -0.15) is 0 Å². The van der Waals surface area contributed by atoms with Crippen LogP contribution in [-0.2, 0) is 0 Å². The molecular weight excluding hydrogens is 665 g/mol. The van der Waals surface area contributed by atoms with Gasteiger partial charge in [-0.15, -0.1) is 11.3 Å². The molecule has 0 bridgehead atoms. The molecule has 0 aliphatic rings. The fraction of sp³-hybridized carbons (Fsp3) is 0. The summed E-state index contributed by atoms with van der Waals surface area (Å²) < 4.78 is 21.3. The predicted octanol–water partition coefficient (Wildman–Crippen LogP) is 12.3. The number of hydrogen-bond acceptors (Lipinski definition) is 8. The zero-order valence-corrected chi connectivity index (χ0v) is 27.9. The van der Waals surface area contributed by atoms with Crippen LogP contribution in [-0.4, -0.2) is 19.9 Å². The number of hydrogen-bond donors (Lipinski definition) is 0. The SMILES string of the molecule is c1ccc(-c2nc(-c3ccc(-c4nc5ccccc5o4)cc3)nc(-c3cc4oc5ccc6oc7cc8ccccc8c8sc(c3)c4c5c6c78)n2)cc1. The third-order valence-corrected chi connectivity index (χ3v) is 11.1. The van der Waals surface area contributed by atoms with Crippen molar-refractivity contribution in [3.8, 4) is 45.6 Å². The lowest BCUT2D eigenvalue weighted by molar-refractivity contribution is 0.620. The predicted molar refractivity (Wildman–Crippen MR) is 208 cm³/mol. The molecule has 52 heavy (non-hydrogen) atoms. The van der Waals surface area contributed by atoms with Crippen molar-refractivity contribution in [1.29, 1.82) is 0 Å². The van der Waals surface area contributed by atoms with E-state index in [1.165, 1.54) is 10.1 Å². The van der Waals surface area contributed by atoms with Gasteiger partial charge < -0.3 is 13.3 Å². The zero-order chi connectivity index (χ0) is 33.9. The lowest BCUT2D eigenvalue weighted by Gasteiger charge is -2.09. The van der Waals surface area contributed by atoms with Gasteiger partial charge in [0.2, 0.25) is 5.89 Å². The normalized spacial score (nSPS) is 12.2. The van der Waals surface area contributed by atoms with Crippen molar-refractivity contribution in [2.24, 2.45) is 0 Å². The molecule has 7 nitrogen and oxygen atoms in total. The Bertz CT molecular complexity index is 3320. The fourth-order valence-corrected chi connectivity index (χ4v) is 8.84. The maximum absolute atomic E-state index is 6.60. The van der Waals surface area contributed by atoms with E-state index in [9.17, 15) is 0 Å². The summed E-state index contributed by atoms with van der Waals surface area (Å²) >= 11 is 1.75. The van der Waals surface area contributed by atoms with Crippen molar-refractivity contribution in [2.75, 3.05) is 0 Å². The highest BCUT2D eigenvalue weighted by Crippen LogP contribution is 2.49. The van der Waals surface area contributed by atoms with Gasteiger partial charge in [-0.3, -0.25) is 0 Å². The quantitative estimate of drug-likeness (QED) is 0.182. The monoisotopic (exact) mass is 686 g/mol. The van der Waals surface area contributed by atoms with E-state index in [2.05, 4.69) is 47.4 Å². The van der Waals surface area contributed by atoms with Crippen LogP contribution in [0.1, 0.15) is 0 Å². The molecule has 242 valence electrons. The van der Waals surface area contributed by atoms with Gasteiger partial charge in [0, 0.05) is 53.2 Å². The van der Waals surface area contributed by atoms with E-state index in [1.807, 2.05) is 91.0 Å². The van der Waals surface area contributed by atoms with Crippen molar-refractivity contribution in [1.82, 2.24) is 19.9 Å². The van der Waals surface area contributed by atoms with Crippen LogP contribution < -0.4 is 0 Å². The summed E-state index contributed by atoms with van der Waals surface area (Å²) in [5.74, 6) is 2.28. The molecule has 0 saturated carbocycles. The van der Waals surface area contributed by atoms with Gasteiger partial charge >= 0.3 is 0 Å². The molecule has 0 amide bonds. The molecular formula is C44H22N4O3S. The molecule has 0 atom stereocenters. The van der Waals surface area contributed by atoms with Crippen LogP contribution in [0.2, 0.25) is 0 Å². The Labute approximate surface area is 297 Å². The Morgan fingerprint density at radius 3 is 1.83 bits per heavy atom. The zero-order valence-electron chi connectivity index (χ0n) is 27.1. The van der Waals surface area contributed by atoms with Gasteiger partial charge in [-0.05, 0) is 65.4 Å². The first kappa shape index (κ1) is 27.9. The lowest BCUT2D eigenvalue weighted by Crippen LogP contribution is -2.00. The van der Waals surface area contributed by atoms with Gasteiger partial charge in [0.15, 0.2) is 23.1 Å². The van der Waals surface area contributed by atoms with Crippen molar-refractivity contribution >= 4 is 86.5 Å². The average molecular weight is 687 g/mol. The van der Waals surface area contributed by atoms with E-state index in [4.69, 9.17) is 28.2 Å². The Morgan fingerprint density at radius 2 is 1.04 bits per heavy atom. The van der Waals surface area contributed by atoms with E-state index in [1.54, 1.807) is 11.3 Å². The van der Waals surface area contributed by atoms with Crippen LogP contribution in [0.15, 0.2) is 147 Å². The Hall–Kier alpha value is -6.90. The summed E-state index contributed by atoms with van der Waals surface area (Å²) in [6, 6.07) is 44.7. The molecule has 0 aliphatic carbocycles. The second kappa shape index (κ2) is 10.3. The summed E-state index contributed by atoms with van der Waals surface area (Å²) in [5.41, 5.74) is 8.39. The largest absolute Gasteiger partial charge is 0.456 e. The minimum atomic E-state index is 0.561. The molecule has 0 fully saturated rings. The molecule has 0 aliphatic heterocycles. The summed E-state index contributed by atoms with van der Waals surface area (Å²) in [7, 11) is 0. The molecule has 0 spiro atoms. The third-order valence-electron chi connectivity index (χ3n) is 9.92. The molecule has 7 aromatic carbocycles. The van der Waals surface area contributed by atoms with Crippen LogP contribution in [0.5, 0.6) is 0 Å². The van der Waals surface area contributed by atoms with E-state index in [-0.39, 0.29) is 0 Å². The number of para-hydroxylation sites is 2. The first-order chi connectivity index (χ1) is 25.7. The second-order valence-corrected chi connectivity index (χ2v) is 14.1. The van der Waals surface area contributed by atoms with Crippen LogP contribution in [0, 0.1) is 0 Å².